The molecule has 1 amide bonds. The van der Waals surface area contributed by atoms with E-state index in [1.807, 2.05) is 35.9 Å². The lowest BCUT2D eigenvalue weighted by atomic mass is 10.2. The molecule has 24 heavy (non-hydrogen) atoms. The van der Waals surface area contributed by atoms with Gasteiger partial charge < -0.3 is 23.4 Å². The lowest BCUT2D eigenvalue weighted by molar-refractivity contribution is 0.0776. The lowest BCUT2D eigenvalue weighted by Gasteiger charge is -2.18. The van der Waals surface area contributed by atoms with E-state index in [9.17, 15) is 4.79 Å². The Morgan fingerprint density at radius 1 is 1.25 bits per heavy atom. The van der Waals surface area contributed by atoms with Crippen LogP contribution in [0.5, 0.6) is 11.5 Å². The Labute approximate surface area is 146 Å². The van der Waals surface area contributed by atoms with Crippen molar-refractivity contribution in [3.8, 4) is 11.5 Å². The number of aryl methyl sites for hydroxylation is 1. The minimum atomic E-state index is -0.0716. The second-order valence-electron chi connectivity index (χ2n) is 5.74. The first-order valence-corrected chi connectivity index (χ1v) is 8.21. The monoisotopic (exact) mass is 390 g/mol. The predicted octanol–water partition coefficient (Wildman–Crippen LogP) is 3.53. The number of rotatable bonds is 3. The molecule has 0 atom stereocenters. The van der Waals surface area contributed by atoms with Gasteiger partial charge in [-0.15, -0.1) is 0 Å². The summed E-state index contributed by atoms with van der Waals surface area (Å²) < 4.78 is 18.7. The van der Waals surface area contributed by atoms with E-state index in [0.717, 1.165) is 22.6 Å². The standard InChI is InChI=1S/C17H15BrN2O4/c1-19(8-10-3-4-13-15(5-10)23-9-22-13)17(21)12-6-14-11(20(12)2)7-16(18)24-14/h3-7H,8-9H2,1-2H3. The average molecular weight is 391 g/mol. The van der Waals surface area contributed by atoms with Gasteiger partial charge in [0, 0.05) is 32.8 Å². The molecule has 0 fully saturated rings. The largest absolute Gasteiger partial charge is 0.454 e. The third-order valence-electron chi connectivity index (χ3n) is 4.12. The molecule has 1 aliphatic heterocycles. The maximum atomic E-state index is 12.8. The molecule has 124 valence electrons. The van der Waals surface area contributed by atoms with Crippen LogP contribution in [-0.4, -0.2) is 29.2 Å². The molecule has 7 heteroatoms. The van der Waals surface area contributed by atoms with Gasteiger partial charge in [0.05, 0.1) is 5.52 Å². The van der Waals surface area contributed by atoms with Crippen LogP contribution in [0.1, 0.15) is 16.1 Å². The van der Waals surface area contributed by atoms with Gasteiger partial charge in [0.1, 0.15) is 5.69 Å². The molecule has 0 aliphatic carbocycles. The van der Waals surface area contributed by atoms with Gasteiger partial charge in [0.2, 0.25) is 6.79 Å². The summed E-state index contributed by atoms with van der Waals surface area (Å²) >= 11 is 3.30. The molecule has 0 N–H and O–H groups in total. The highest BCUT2D eigenvalue weighted by Gasteiger charge is 2.20. The van der Waals surface area contributed by atoms with Crippen LogP contribution in [0.2, 0.25) is 0 Å². The highest BCUT2D eigenvalue weighted by molar-refractivity contribution is 9.10. The van der Waals surface area contributed by atoms with Gasteiger partial charge in [-0.25, -0.2) is 0 Å². The van der Waals surface area contributed by atoms with E-state index in [2.05, 4.69) is 15.9 Å². The highest BCUT2D eigenvalue weighted by Crippen LogP contribution is 2.33. The minimum Gasteiger partial charge on any atom is -0.454 e. The van der Waals surface area contributed by atoms with Gasteiger partial charge in [-0.05, 0) is 33.6 Å². The van der Waals surface area contributed by atoms with Crippen LogP contribution in [0.4, 0.5) is 0 Å². The SMILES string of the molecule is CN(Cc1ccc2c(c1)OCO2)C(=O)c1cc2oc(Br)cc2n1C. The normalized spacial score (nSPS) is 12.8. The van der Waals surface area contributed by atoms with E-state index in [0.29, 0.717) is 22.5 Å². The van der Waals surface area contributed by atoms with Gasteiger partial charge in [-0.1, -0.05) is 6.07 Å². The van der Waals surface area contributed by atoms with Gasteiger partial charge in [-0.3, -0.25) is 4.79 Å². The molecular weight excluding hydrogens is 376 g/mol. The van der Waals surface area contributed by atoms with Crippen molar-refractivity contribution in [2.75, 3.05) is 13.8 Å². The zero-order valence-electron chi connectivity index (χ0n) is 13.2. The van der Waals surface area contributed by atoms with Crippen LogP contribution < -0.4 is 9.47 Å². The third kappa shape index (κ3) is 2.45. The van der Waals surface area contributed by atoms with Crippen LogP contribution in [0.15, 0.2) is 39.4 Å². The van der Waals surface area contributed by atoms with Crippen molar-refractivity contribution in [2.45, 2.75) is 6.54 Å². The maximum Gasteiger partial charge on any atom is 0.270 e. The van der Waals surface area contributed by atoms with Gasteiger partial charge in [0.15, 0.2) is 21.8 Å². The molecule has 6 nitrogen and oxygen atoms in total. The number of fused-ring (bicyclic) bond motifs is 2. The number of hydrogen-bond donors (Lipinski definition) is 0. The molecule has 0 spiro atoms. The molecule has 2 aromatic heterocycles. The van der Waals surface area contributed by atoms with Crippen LogP contribution in [0.25, 0.3) is 11.1 Å². The number of carbonyl (C=O) groups excluding carboxylic acids is 1. The molecule has 0 saturated heterocycles. The number of amides is 1. The van der Waals surface area contributed by atoms with Crippen LogP contribution in [0, 0.1) is 0 Å². The molecule has 1 aliphatic rings. The summed E-state index contributed by atoms with van der Waals surface area (Å²) in [6, 6.07) is 9.32. The third-order valence-corrected chi connectivity index (χ3v) is 4.51. The summed E-state index contributed by atoms with van der Waals surface area (Å²) in [6.45, 7) is 0.719. The Kier molecular flexibility index (Phi) is 3.53. The van der Waals surface area contributed by atoms with E-state index in [4.69, 9.17) is 13.9 Å². The Morgan fingerprint density at radius 2 is 2.04 bits per heavy atom. The second kappa shape index (κ2) is 5.59. The second-order valence-corrected chi connectivity index (χ2v) is 6.52. The van der Waals surface area contributed by atoms with E-state index < -0.39 is 0 Å². The number of halogens is 1. The van der Waals surface area contributed by atoms with Crippen molar-refractivity contribution in [1.82, 2.24) is 9.47 Å². The molecule has 3 heterocycles. The summed E-state index contributed by atoms with van der Waals surface area (Å²) in [7, 11) is 3.63. The molecule has 0 radical (unpaired) electrons. The van der Waals surface area contributed by atoms with Gasteiger partial charge in [-0.2, -0.15) is 0 Å². The zero-order chi connectivity index (χ0) is 16.8. The molecule has 1 aromatic carbocycles. The Balaban J connectivity index is 1.56. The smallest absolute Gasteiger partial charge is 0.270 e. The summed E-state index contributed by atoms with van der Waals surface area (Å²) in [5, 5.41) is 0. The highest BCUT2D eigenvalue weighted by atomic mass is 79.9. The molecule has 0 unspecified atom stereocenters. The first kappa shape index (κ1) is 15.1. The predicted molar refractivity (Wildman–Crippen MR) is 91.2 cm³/mol. The van der Waals surface area contributed by atoms with E-state index in [1.165, 1.54) is 0 Å². The van der Waals surface area contributed by atoms with Crippen molar-refractivity contribution in [3.63, 3.8) is 0 Å². The van der Waals surface area contributed by atoms with Crippen molar-refractivity contribution < 1.29 is 18.7 Å². The van der Waals surface area contributed by atoms with Crippen LogP contribution in [0.3, 0.4) is 0 Å². The number of furan rings is 1. The molecule has 0 bridgehead atoms. The quantitative estimate of drug-likeness (QED) is 0.686. The molecular formula is C17H15BrN2O4. The summed E-state index contributed by atoms with van der Waals surface area (Å²) in [5.41, 5.74) is 3.13. The van der Waals surface area contributed by atoms with Crippen molar-refractivity contribution in [1.29, 1.82) is 0 Å². The zero-order valence-corrected chi connectivity index (χ0v) is 14.8. The first-order chi connectivity index (χ1) is 11.5. The fourth-order valence-corrected chi connectivity index (χ4v) is 3.26. The lowest BCUT2D eigenvalue weighted by Crippen LogP contribution is -2.27. The van der Waals surface area contributed by atoms with Crippen LogP contribution >= 0.6 is 15.9 Å². The van der Waals surface area contributed by atoms with Crippen molar-refractivity contribution in [3.05, 3.63) is 46.3 Å². The first-order valence-electron chi connectivity index (χ1n) is 7.41. The number of nitrogens with zero attached hydrogens (tertiary/aromatic N) is 2. The average Bonchev–Trinajstić information content (AvgIpc) is 3.22. The molecule has 4 rings (SSSR count). The fourth-order valence-electron chi connectivity index (χ4n) is 2.87. The number of carbonyl (C=O) groups is 1. The van der Waals surface area contributed by atoms with Crippen LogP contribution in [-0.2, 0) is 13.6 Å². The Hall–Kier alpha value is -2.41. The van der Waals surface area contributed by atoms with Crippen molar-refractivity contribution >= 4 is 32.9 Å². The summed E-state index contributed by atoms with van der Waals surface area (Å²) in [5.74, 6) is 1.38. The van der Waals surface area contributed by atoms with Gasteiger partial charge >= 0.3 is 0 Å². The Morgan fingerprint density at radius 3 is 2.83 bits per heavy atom. The minimum absolute atomic E-state index is 0.0716. The molecule has 3 aromatic rings. The number of aromatic nitrogens is 1. The maximum absolute atomic E-state index is 12.8. The number of hydrogen-bond acceptors (Lipinski definition) is 4. The summed E-state index contributed by atoms with van der Waals surface area (Å²) in [6.07, 6.45) is 0. The van der Waals surface area contributed by atoms with E-state index in [-0.39, 0.29) is 12.7 Å². The number of ether oxygens (including phenoxy) is 2. The molecule has 0 saturated carbocycles. The Bertz CT molecular complexity index is 944. The van der Waals surface area contributed by atoms with Gasteiger partial charge in [0.25, 0.3) is 5.91 Å². The fraction of sp³-hybridized carbons (Fsp3) is 0.235. The van der Waals surface area contributed by atoms with E-state index >= 15 is 0 Å². The topological polar surface area (TPSA) is 56.8 Å². The number of benzene rings is 1. The van der Waals surface area contributed by atoms with Crippen molar-refractivity contribution in [2.24, 2.45) is 7.05 Å². The van der Waals surface area contributed by atoms with E-state index in [1.54, 1.807) is 18.0 Å². The summed E-state index contributed by atoms with van der Waals surface area (Å²) in [4.78, 5) is 14.4.